The third-order valence-electron chi connectivity index (χ3n) is 4.58. The number of pyridine rings is 1. The number of anilines is 1. The molecule has 0 N–H and O–H groups in total. The van der Waals surface area contributed by atoms with Gasteiger partial charge in [0.1, 0.15) is 5.65 Å². The molecule has 0 unspecified atom stereocenters. The highest BCUT2D eigenvalue weighted by atomic mass is 79.9. The minimum absolute atomic E-state index is 0.0349. The zero-order valence-corrected chi connectivity index (χ0v) is 15.7. The van der Waals surface area contributed by atoms with Gasteiger partial charge >= 0.3 is 0 Å². The summed E-state index contributed by atoms with van der Waals surface area (Å²) in [7, 11) is 4.06. The lowest BCUT2D eigenvalue weighted by atomic mass is 10.1. The molecule has 4 rings (SSSR count). The molecule has 0 bridgehead atoms. The Morgan fingerprint density at radius 1 is 1.12 bits per heavy atom. The van der Waals surface area contributed by atoms with Crippen molar-refractivity contribution in [3.05, 3.63) is 74.2 Å². The molecular formula is C20H18BrN3O. The third kappa shape index (κ3) is 2.89. The summed E-state index contributed by atoms with van der Waals surface area (Å²) in [6.07, 6.45) is 5.53. The zero-order chi connectivity index (χ0) is 17.6. The Balaban J connectivity index is 1.80. The van der Waals surface area contributed by atoms with Crippen molar-refractivity contribution in [2.45, 2.75) is 12.8 Å². The lowest BCUT2D eigenvalue weighted by Crippen LogP contribution is -2.19. The number of aromatic nitrogens is 2. The number of halogens is 1. The Hall–Kier alpha value is -2.40. The van der Waals surface area contributed by atoms with Gasteiger partial charge in [-0.1, -0.05) is 12.1 Å². The van der Waals surface area contributed by atoms with Crippen LogP contribution >= 0.6 is 15.9 Å². The molecule has 0 fully saturated rings. The van der Waals surface area contributed by atoms with E-state index in [2.05, 4.69) is 51.2 Å². The Morgan fingerprint density at radius 2 is 1.88 bits per heavy atom. The average molecular weight is 396 g/mol. The molecule has 25 heavy (non-hydrogen) atoms. The first-order valence-corrected chi connectivity index (χ1v) is 9.01. The van der Waals surface area contributed by atoms with Crippen molar-refractivity contribution in [2.24, 2.45) is 0 Å². The summed E-state index contributed by atoms with van der Waals surface area (Å²) in [5.41, 5.74) is 5.81. The molecule has 2 aromatic heterocycles. The van der Waals surface area contributed by atoms with Crippen molar-refractivity contribution in [3.63, 3.8) is 0 Å². The topological polar surface area (TPSA) is 37.6 Å². The lowest BCUT2D eigenvalue weighted by Gasteiger charge is -2.12. The van der Waals surface area contributed by atoms with Crippen molar-refractivity contribution in [1.82, 2.24) is 9.38 Å². The smallest absolute Gasteiger partial charge is 0.261 e. The highest BCUT2D eigenvalue weighted by molar-refractivity contribution is 9.10. The first-order chi connectivity index (χ1) is 12.0. The molecule has 1 aliphatic carbocycles. The van der Waals surface area contributed by atoms with E-state index in [1.807, 2.05) is 26.2 Å². The summed E-state index contributed by atoms with van der Waals surface area (Å²) in [6, 6.07) is 12.2. The van der Waals surface area contributed by atoms with Crippen LogP contribution in [-0.2, 0) is 6.42 Å². The van der Waals surface area contributed by atoms with Crippen LogP contribution in [0.5, 0.6) is 0 Å². The number of nitrogens with zero attached hydrogens (tertiary/aromatic N) is 3. The largest absolute Gasteiger partial charge is 0.378 e. The van der Waals surface area contributed by atoms with Crippen LogP contribution < -0.4 is 10.5 Å². The molecule has 3 aromatic rings. The summed E-state index contributed by atoms with van der Waals surface area (Å²) >= 11 is 3.42. The lowest BCUT2D eigenvalue weighted by molar-refractivity contribution is 0.968. The molecule has 126 valence electrons. The van der Waals surface area contributed by atoms with E-state index in [4.69, 9.17) is 4.98 Å². The molecule has 0 saturated carbocycles. The van der Waals surface area contributed by atoms with E-state index < -0.39 is 0 Å². The molecule has 0 radical (unpaired) electrons. The van der Waals surface area contributed by atoms with E-state index in [9.17, 15) is 4.79 Å². The minimum Gasteiger partial charge on any atom is -0.378 e. The quantitative estimate of drug-likeness (QED) is 0.657. The molecule has 0 spiro atoms. The number of hydrogen-bond acceptors (Lipinski definition) is 3. The van der Waals surface area contributed by atoms with Gasteiger partial charge < -0.3 is 4.90 Å². The maximum atomic E-state index is 12.8. The van der Waals surface area contributed by atoms with E-state index in [0.29, 0.717) is 5.65 Å². The predicted octanol–water partition coefficient (Wildman–Crippen LogP) is 4.01. The molecule has 2 heterocycles. The SMILES string of the molecule is CN(C)c1ccc(C=C2CCc3c2nc2ccc(Br)cn2c3=O)cc1. The summed E-state index contributed by atoms with van der Waals surface area (Å²) in [5, 5.41) is 0. The van der Waals surface area contributed by atoms with Crippen molar-refractivity contribution >= 4 is 38.9 Å². The predicted molar refractivity (Wildman–Crippen MR) is 106 cm³/mol. The van der Waals surface area contributed by atoms with E-state index in [0.717, 1.165) is 39.7 Å². The van der Waals surface area contributed by atoms with Crippen LogP contribution in [0.1, 0.15) is 23.2 Å². The van der Waals surface area contributed by atoms with Gasteiger partial charge in [-0.05, 0) is 70.2 Å². The highest BCUT2D eigenvalue weighted by Crippen LogP contribution is 2.31. The van der Waals surface area contributed by atoms with Gasteiger partial charge in [-0.2, -0.15) is 0 Å². The number of allylic oxidation sites excluding steroid dienone is 1. The van der Waals surface area contributed by atoms with Gasteiger partial charge in [0.15, 0.2) is 0 Å². The summed E-state index contributed by atoms with van der Waals surface area (Å²) in [6.45, 7) is 0. The Kier molecular flexibility index (Phi) is 3.96. The maximum Gasteiger partial charge on any atom is 0.261 e. The van der Waals surface area contributed by atoms with Crippen LogP contribution in [0.3, 0.4) is 0 Å². The van der Waals surface area contributed by atoms with Crippen molar-refractivity contribution in [1.29, 1.82) is 0 Å². The van der Waals surface area contributed by atoms with Crippen molar-refractivity contribution in [2.75, 3.05) is 19.0 Å². The van der Waals surface area contributed by atoms with E-state index in [1.165, 1.54) is 5.69 Å². The van der Waals surface area contributed by atoms with Gasteiger partial charge in [-0.15, -0.1) is 0 Å². The van der Waals surface area contributed by atoms with E-state index >= 15 is 0 Å². The molecule has 5 heteroatoms. The maximum absolute atomic E-state index is 12.8. The fourth-order valence-electron chi connectivity index (χ4n) is 3.23. The Morgan fingerprint density at radius 3 is 2.60 bits per heavy atom. The molecule has 1 aliphatic rings. The highest BCUT2D eigenvalue weighted by Gasteiger charge is 2.22. The van der Waals surface area contributed by atoms with Crippen LogP contribution in [0.2, 0.25) is 0 Å². The molecular weight excluding hydrogens is 378 g/mol. The zero-order valence-electron chi connectivity index (χ0n) is 14.2. The third-order valence-corrected chi connectivity index (χ3v) is 5.05. The van der Waals surface area contributed by atoms with Gasteiger partial charge in [0.25, 0.3) is 5.56 Å². The first-order valence-electron chi connectivity index (χ1n) is 8.22. The van der Waals surface area contributed by atoms with Gasteiger partial charge in [-0.25, -0.2) is 4.98 Å². The average Bonchev–Trinajstić information content (AvgIpc) is 2.99. The summed E-state index contributed by atoms with van der Waals surface area (Å²) < 4.78 is 2.50. The van der Waals surface area contributed by atoms with Crippen molar-refractivity contribution < 1.29 is 0 Å². The molecule has 0 saturated heterocycles. The van der Waals surface area contributed by atoms with Crippen molar-refractivity contribution in [3.8, 4) is 0 Å². The molecule has 4 nitrogen and oxygen atoms in total. The van der Waals surface area contributed by atoms with E-state index in [-0.39, 0.29) is 5.56 Å². The van der Waals surface area contributed by atoms with Crippen LogP contribution in [-0.4, -0.2) is 23.5 Å². The number of hydrogen-bond donors (Lipinski definition) is 0. The van der Waals surface area contributed by atoms with E-state index in [1.54, 1.807) is 10.6 Å². The second kappa shape index (κ2) is 6.15. The normalized spacial score (nSPS) is 14.9. The number of fused-ring (bicyclic) bond motifs is 2. The molecule has 0 amide bonds. The Bertz CT molecular complexity index is 1050. The number of rotatable bonds is 2. The van der Waals surface area contributed by atoms with Crippen LogP contribution in [0, 0.1) is 0 Å². The first kappa shape index (κ1) is 16.1. The number of benzene rings is 1. The molecule has 0 atom stereocenters. The van der Waals surface area contributed by atoms with Gasteiger partial charge in [0.05, 0.1) is 5.69 Å². The molecule has 1 aromatic carbocycles. The minimum atomic E-state index is 0.0349. The second-order valence-corrected chi connectivity index (χ2v) is 7.39. The Labute approximate surface area is 154 Å². The van der Waals surface area contributed by atoms with Crippen LogP contribution in [0.25, 0.3) is 17.3 Å². The monoisotopic (exact) mass is 395 g/mol. The summed E-state index contributed by atoms with van der Waals surface area (Å²) in [4.78, 5) is 19.6. The van der Waals surface area contributed by atoms with Gasteiger partial charge in [0, 0.05) is 36.0 Å². The fourth-order valence-corrected chi connectivity index (χ4v) is 3.57. The fraction of sp³-hybridized carbons (Fsp3) is 0.200. The van der Waals surface area contributed by atoms with Crippen LogP contribution in [0.4, 0.5) is 5.69 Å². The standard InChI is InChI=1S/C20H18BrN3O/c1-23(2)16-7-3-13(4-8-16)11-14-5-9-17-19(14)22-18-10-6-15(21)12-24(18)20(17)25/h3-4,6-8,10-12H,5,9H2,1-2H3. The second-order valence-electron chi connectivity index (χ2n) is 6.48. The molecule has 0 aliphatic heterocycles. The van der Waals surface area contributed by atoms with Crippen LogP contribution in [0.15, 0.2) is 51.9 Å². The summed E-state index contributed by atoms with van der Waals surface area (Å²) in [5.74, 6) is 0. The van der Waals surface area contributed by atoms with Gasteiger partial charge in [0.2, 0.25) is 0 Å². The van der Waals surface area contributed by atoms with Gasteiger partial charge in [-0.3, -0.25) is 9.20 Å².